The molecule has 4 aromatic carbocycles. The Balaban J connectivity index is 0.000000522. The molecule has 3 N–H and O–H groups in total. The number of nitrogens with zero attached hydrogens (tertiary/aromatic N) is 1. The summed E-state index contributed by atoms with van der Waals surface area (Å²) in [5.74, 6) is -0.912. The number of amides is 1. The van der Waals surface area contributed by atoms with Crippen LogP contribution in [-0.4, -0.2) is 44.5 Å². The van der Waals surface area contributed by atoms with Gasteiger partial charge in [0.15, 0.2) is 6.29 Å². The number of allylic oxidation sites excluding steroid dienone is 2. The number of aryl methyl sites for hydroxylation is 1. The average Bonchev–Trinajstić information content (AvgIpc) is 2.96. The highest BCUT2D eigenvalue weighted by Gasteiger charge is 2.39. The standard InChI is InChI=1S/C23H19BrF3NO.C8H8F2.CH3NO.CH2O2/c1-14-6-4-8-17-16(14)7-5-9-18(17)20(13-29)22(23(25,26)27)19-12-15(24)10-11-21(19)28(2)3;1-2-6-7(9)4-3-5-8(6)10;2*2-1-3/h4-13H,1-3H3;3-5H,2H2,1H3;1H,(H2,2,3);1H,(H,2,3)/b22-20-;;;. The van der Waals surface area contributed by atoms with E-state index in [4.69, 9.17) is 14.7 Å². The van der Waals surface area contributed by atoms with Crippen molar-refractivity contribution >= 4 is 62.7 Å². The van der Waals surface area contributed by atoms with Crippen molar-refractivity contribution in [1.82, 2.24) is 0 Å². The van der Waals surface area contributed by atoms with E-state index in [1.807, 2.05) is 19.1 Å². The van der Waals surface area contributed by atoms with Crippen LogP contribution in [0.4, 0.5) is 27.6 Å². The quantitative estimate of drug-likeness (QED) is 0.0955. The second kappa shape index (κ2) is 18.3. The number of carbonyl (C=O) groups is 3. The van der Waals surface area contributed by atoms with E-state index in [2.05, 4.69) is 21.7 Å². The Kier molecular flexibility index (Phi) is 15.6. The molecule has 0 heterocycles. The minimum atomic E-state index is -4.73. The smallest absolute Gasteiger partial charge is 0.417 e. The van der Waals surface area contributed by atoms with Gasteiger partial charge in [-0.25, -0.2) is 8.78 Å². The molecule has 0 spiro atoms. The van der Waals surface area contributed by atoms with Crippen LogP contribution < -0.4 is 10.6 Å². The molecule has 0 aliphatic rings. The summed E-state index contributed by atoms with van der Waals surface area (Å²) >= 11 is 3.26. The summed E-state index contributed by atoms with van der Waals surface area (Å²) in [7, 11) is 3.34. The number of rotatable bonds is 5. The summed E-state index contributed by atoms with van der Waals surface area (Å²) in [6.45, 7) is 3.36. The first-order valence-electron chi connectivity index (χ1n) is 13.1. The lowest BCUT2D eigenvalue weighted by Crippen LogP contribution is -2.18. The second-order valence-corrected chi connectivity index (χ2v) is 10.1. The van der Waals surface area contributed by atoms with Gasteiger partial charge >= 0.3 is 6.18 Å². The van der Waals surface area contributed by atoms with Crippen LogP contribution in [0.5, 0.6) is 0 Å². The van der Waals surface area contributed by atoms with Gasteiger partial charge in [0, 0.05) is 41.0 Å². The molecular weight excluding hydrogens is 663 g/mol. The van der Waals surface area contributed by atoms with E-state index in [-0.39, 0.29) is 35.1 Å². The highest BCUT2D eigenvalue weighted by molar-refractivity contribution is 9.10. The Labute approximate surface area is 266 Å². The van der Waals surface area contributed by atoms with E-state index in [0.717, 1.165) is 10.9 Å². The molecule has 0 atom stereocenters. The molecule has 0 aliphatic carbocycles. The van der Waals surface area contributed by atoms with E-state index in [1.54, 1.807) is 62.3 Å². The van der Waals surface area contributed by atoms with Crippen LogP contribution in [-0.2, 0) is 20.8 Å². The number of carbonyl (C=O) groups excluding carboxylic acids is 2. The Morgan fingerprint density at radius 1 is 0.889 bits per heavy atom. The topological polar surface area (TPSA) is 101 Å². The number of nitrogens with two attached hydrogens (primary N) is 1. The van der Waals surface area contributed by atoms with Crippen molar-refractivity contribution in [2.75, 3.05) is 19.0 Å². The fraction of sp³-hybridized carbons (Fsp3) is 0.182. The number of benzene rings is 4. The molecule has 0 aromatic heterocycles. The van der Waals surface area contributed by atoms with Crippen LogP contribution in [0.3, 0.4) is 0 Å². The number of primary amides is 1. The summed E-state index contributed by atoms with van der Waals surface area (Å²) in [6.07, 6.45) is -3.77. The van der Waals surface area contributed by atoms with Gasteiger partial charge in [0.05, 0.1) is 5.57 Å². The maximum atomic E-state index is 14.3. The third-order valence-electron chi connectivity index (χ3n) is 6.23. The highest BCUT2D eigenvalue weighted by Crippen LogP contribution is 2.44. The molecule has 12 heteroatoms. The van der Waals surface area contributed by atoms with Gasteiger partial charge in [-0.1, -0.05) is 65.3 Å². The minimum Gasteiger partial charge on any atom is -0.483 e. The van der Waals surface area contributed by atoms with Crippen LogP contribution in [0.1, 0.15) is 29.2 Å². The van der Waals surface area contributed by atoms with Crippen molar-refractivity contribution in [2.24, 2.45) is 5.73 Å². The van der Waals surface area contributed by atoms with Crippen LogP contribution in [0, 0.1) is 18.6 Å². The molecule has 240 valence electrons. The predicted octanol–water partition coefficient (Wildman–Crippen LogP) is 7.98. The molecule has 4 rings (SSSR count). The van der Waals surface area contributed by atoms with E-state index in [9.17, 15) is 26.7 Å². The third-order valence-corrected chi connectivity index (χ3v) is 6.72. The zero-order valence-corrected chi connectivity index (χ0v) is 26.4. The van der Waals surface area contributed by atoms with Crippen LogP contribution in [0.25, 0.3) is 21.9 Å². The molecule has 0 saturated carbocycles. The fourth-order valence-corrected chi connectivity index (χ4v) is 4.74. The highest BCUT2D eigenvalue weighted by atomic mass is 79.9. The third kappa shape index (κ3) is 10.5. The van der Waals surface area contributed by atoms with Crippen molar-refractivity contribution in [3.63, 3.8) is 0 Å². The van der Waals surface area contributed by atoms with Crippen molar-refractivity contribution in [2.45, 2.75) is 26.4 Å². The van der Waals surface area contributed by atoms with Gasteiger partial charge < -0.3 is 15.7 Å². The molecule has 1 amide bonds. The molecule has 6 nitrogen and oxygen atoms in total. The monoisotopic (exact) mass is 694 g/mol. The maximum Gasteiger partial charge on any atom is 0.417 e. The maximum absolute atomic E-state index is 14.3. The van der Waals surface area contributed by atoms with Crippen LogP contribution in [0.15, 0.2) is 77.3 Å². The molecule has 0 fully saturated rings. The molecule has 4 aromatic rings. The Hall–Kier alpha value is -4.58. The lowest BCUT2D eigenvalue weighted by atomic mass is 9.90. The van der Waals surface area contributed by atoms with Gasteiger partial charge in [-0.15, -0.1) is 0 Å². The molecule has 0 saturated heterocycles. The summed E-state index contributed by atoms with van der Waals surface area (Å²) in [5.41, 5.74) is 4.52. The number of hydrogen-bond donors (Lipinski definition) is 2. The van der Waals surface area contributed by atoms with Crippen molar-refractivity contribution in [3.8, 4) is 0 Å². The summed E-state index contributed by atoms with van der Waals surface area (Å²) in [6, 6.07) is 19.1. The summed E-state index contributed by atoms with van der Waals surface area (Å²) in [5, 5.41) is 8.31. The molecule has 0 radical (unpaired) electrons. The predicted molar refractivity (Wildman–Crippen MR) is 171 cm³/mol. The van der Waals surface area contributed by atoms with Crippen molar-refractivity contribution < 1.29 is 41.4 Å². The van der Waals surface area contributed by atoms with Crippen molar-refractivity contribution in [1.29, 1.82) is 0 Å². The van der Waals surface area contributed by atoms with Gasteiger partial charge in [-0.2, -0.15) is 13.2 Å². The minimum absolute atomic E-state index is 0.0522. The van der Waals surface area contributed by atoms with Gasteiger partial charge in [-0.05, 0) is 65.6 Å². The Bertz CT molecular complexity index is 1610. The summed E-state index contributed by atoms with van der Waals surface area (Å²) < 4.78 is 68.7. The van der Waals surface area contributed by atoms with Gasteiger partial charge in [0.25, 0.3) is 6.47 Å². The van der Waals surface area contributed by atoms with Crippen LogP contribution in [0.2, 0.25) is 0 Å². The number of fused-ring (bicyclic) bond motifs is 1. The first-order chi connectivity index (χ1) is 21.2. The van der Waals surface area contributed by atoms with E-state index >= 15 is 0 Å². The number of halogens is 6. The van der Waals surface area contributed by atoms with Gasteiger partial charge in [-0.3, -0.25) is 14.4 Å². The molecule has 0 unspecified atom stereocenters. The van der Waals surface area contributed by atoms with E-state index < -0.39 is 23.4 Å². The van der Waals surface area contributed by atoms with E-state index in [0.29, 0.717) is 28.3 Å². The molecular formula is C33H32BrF5N2O4. The zero-order chi connectivity index (χ0) is 34.3. The van der Waals surface area contributed by atoms with Gasteiger partial charge in [0.2, 0.25) is 6.41 Å². The van der Waals surface area contributed by atoms with Crippen LogP contribution >= 0.6 is 15.9 Å². The summed E-state index contributed by atoms with van der Waals surface area (Å²) in [4.78, 5) is 30.6. The first-order valence-corrected chi connectivity index (χ1v) is 13.9. The fourth-order valence-electron chi connectivity index (χ4n) is 4.38. The molecule has 0 bridgehead atoms. The largest absolute Gasteiger partial charge is 0.483 e. The number of alkyl halides is 3. The number of hydrogen-bond acceptors (Lipinski definition) is 4. The first kappa shape index (κ1) is 38.4. The Morgan fingerprint density at radius 3 is 1.87 bits per heavy atom. The molecule has 0 aliphatic heterocycles. The molecule has 45 heavy (non-hydrogen) atoms. The number of carboxylic acid groups (broad SMARTS) is 1. The lowest BCUT2D eigenvalue weighted by Gasteiger charge is -2.23. The average molecular weight is 696 g/mol. The normalized spacial score (nSPS) is 10.9. The number of aldehydes is 1. The Morgan fingerprint density at radius 2 is 1.40 bits per heavy atom. The SMILES string of the molecule is CCc1c(F)cccc1F.Cc1cccc2c(/C(C=O)=C(/c3cc(Br)ccc3N(C)C)C(F)(F)F)cccc12.NC=O.O=CO. The number of anilines is 1. The van der Waals surface area contributed by atoms with Gasteiger partial charge in [0.1, 0.15) is 11.6 Å². The zero-order valence-electron chi connectivity index (χ0n) is 24.8. The second-order valence-electron chi connectivity index (χ2n) is 9.23. The van der Waals surface area contributed by atoms with Crippen molar-refractivity contribution in [3.05, 3.63) is 111 Å². The lowest BCUT2D eigenvalue weighted by molar-refractivity contribution is -0.123. The van der Waals surface area contributed by atoms with E-state index in [1.165, 1.54) is 24.3 Å².